The van der Waals surface area contributed by atoms with Crippen molar-refractivity contribution in [2.45, 2.75) is 46.8 Å². The van der Waals surface area contributed by atoms with Crippen molar-refractivity contribution >= 4 is 21.6 Å². The quantitative estimate of drug-likeness (QED) is 0.709. The highest BCUT2D eigenvalue weighted by molar-refractivity contribution is 7.92. The second-order valence-electron chi connectivity index (χ2n) is 7.58. The molecule has 0 spiro atoms. The van der Waals surface area contributed by atoms with Crippen LogP contribution < -0.4 is 14.4 Å². The molecule has 1 atom stereocenters. The van der Waals surface area contributed by atoms with Gasteiger partial charge in [-0.15, -0.1) is 0 Å². The maximum absolute atomic E-state index is 12.6. The molecule has 1 amide bonds. The summed E-state index contributed by atoms with van der Waals surface area (Å²) >= 11 is 0. The fourth-order valence-electron chi connectivity index (χ4n) is 3.17. The maximum atomic E-state index is 12.6. The number of hydrogen-bond acceptors (Lipinski definition) is 4. The van der Waals surface area contributed by atoms with Gasteiger partial charge in [0.2, 0.25) is 15.9 Å². The first-order valence-corrected chi connectivity index (χ1v) is 11.4. The standard InChI is InChI=1S/C22H30N2O4S/c1-15(2)28-20-10-8-19(9-11-20)24(29(6,26)27)14-22(25)23-18(5)21-12-7-16(3)13-17(21)4/h7-13,15,18H,14H2,1-6H3,(H,23,25)/t18-/m0/s1. The van der Waals surface area contributed by atoms with E-state index in [1.807, 2.05) is 46.8 Å². The van der Waals surface area contributed by atoms with Gasteiger partial charge >= 0.3 is 0 Å². The molecule has 0 bridgehead atoms. The number of carbonyl (C=O) groups is 1. The minimum Gasteiger partial charge on any atom is -0.491 e. The van der Waals surface area contributed by atoms with Gasteiger partial charge < -0.3 is 10.1 Å². The van der Waals surface area contributed by atoms with E-state index in [-0.39, 0.29) is 24.6 Å². The van der Waals surface area contributed by atoms with Gasteiger partial charge in [0.15, 0.2) is 0 Å². The van der Waals surface area contributed by atoms with E-state index in [0.29, 0.717) is 11.4 Å². The van der Waals surface area contributed by atoms with E-state index in [9.17, 15) is 13.2 Å². The Morgan fingerprint density at radius 2 is 1.69 bits per heavy atom. The van der Waals surface area contributed by atoms with Crippen molar-refractivity contribution in [1.82, 2.24) is 5.32 Å². The number of anilines is 1. The van der Waals surface area contributed by atoms with Gasteiger partial charge in [-0.3, -0.25) is 9.10 Å². The Kier molecular flexibility index (Phi) is 7.30. The van der Waals surface area contributed by atoms with E-state index >= 15 is 0 Å². The highest BCUT2D eigenvalue weighted by Gasteiger charge is 2.22. The van der Waals surface area contributed by atoms with Gasteiger partial charge in [-0.05, 0) is 70.0 Å². The molecule has 6 nitrogen and oxygen atoms in total. The highest BCUT2D eigenvalue weighted by atomic mass is 32.2. The molecule has 158 valence electrons. The molecule has 0 saturated carbocycles. The van der Waals surface area contributed by atoms with Crippen LogP contribution in [0.2, 0.25) is 0 Å². The Balaban J connectivity index is 2.14. The molecule has 0 aliphatic rings. The summed E-state index contributed by atoms with van der Waals surface area (Å²) in [5, 5.41) is 2.90. The number of ether oxygens (including phenoxy) is 1. The number of benzene rings is 2. The number of nitrogens with one attached hydrogen (secondary N) is 1. The summed E-state index contributed by atoms with van der Waals surface area (Å²) in [5.74, 6) is 0.274. The van der Waals surface area contributed by atoms with E-state index in [0.717, 1.165) is 27.3 Å². The number of sulfonamides is 1. The molecule has 0 fully saturated rings. The normalized spacial score (nSPS) is 12.5. The Morgan fingerprint density at radius 1 is 1.07 bits per heavy atom. The number of nitrogens with zero attached hydrogens (tertiary/aromatic N) is 1. The van der Waals surface area contributed by atoms with Gasteiger partial charge in [0.05, 0.1) is 24.1 Å². The van der Waals surface area contributed by atoms with E-state index < -0.39 is 10.0 Å². The Labute approximate surface area is 173 Å². The average molecular weight is 419 g/mol. The summed E-state index contributed by atoms with van der Waals surface area (Å²) in [6, 6.07) is 12.5. The topological polar surface area (TPSA) is 75.7 Å². The minimum atomic E-state index is -3.63. The van der Waals surface area contributed by atoms with E-state index in [2.05, 4.69) is 11.4 Å². The zero-order valence-corrected chi connectivity index (χ0v) is 18.7. The second-order valence-corrected chi connectivity index (χ2v) is 9.49. The average Bonchev–Trinajstić information content (AvgIpc) is 2.59. The third-order valence-electron chi connectivity index (χ3n) is 4.45. The summed E-state index contributed by atoms with van der Waals surface area (Å²) in [7, 11) is -3.63. The minimum absolute atomic E-state index is 0.0179. The predicted octanol–water partition coefficient (Wildman–Crippen LogP) is 3.73. The summed E-state index contributed by atoms with van der Waals surface area (Å²) in [4.78, 5) is 12.6. The fraction of sp³-hybridized carbons (Fsp3) is 0.409. The fourth-order valence-corrected chi connectivity index (χ4v) is 4.03. The molecular weight excluding hydrogens is 388 g/mol. The van der Waals surface area contributed by atoms with Crippen molar-refractivity contribution in [3.8, 4) is 5.75 Å². The largest absolute Gasteiger partial charge is 0.491 e. The molecule has 0 radical (unpaired) electrons. The molecule has 2 aromatic carbocycles. The lowest BCUT2D eigenvalue weighted by Gasteiger charge is -2.24. The summed E-state index contributed by atoms with van der Waals surface area (Å²) < 4.78 is 31.3. The van der Waals surface area contributed by atoms with Crippen molar-refractivity contribution in [3.63, 3.8) is 0 Å². The molecule has 7 heteroatoms. The van der Waals surface area contributed by atoms with Crippen LogP contribution in [-0.2, 0) is 14.8 Å². The van der Waals surface area contributed by atoms with Crippen LogP contribution in [0.5, 0.6) is 5.75 Å². The zero-order valence-electron chi connectivity index (χ0n) is 17.9. The molecule has 0 heterocycles. The van der Waals surface area contributed by atoms with Crippen molar-refractivity contribution < 1.29 is 17.9 Å². The number of carbonyl (C=O) groups excluding carboxylic acids is 1. The zero-order chi connectivity index (χ0) is 21.8. The van der Waals surface area contributed by atoms with Crippen molar-refractivity contribution in [2.24, 2.45) is 0 Å². The molecule has 0 aromatic heterocycles. The van der Waals surface area contributed by atoms with E-state index in [4.69, 9.17) is 4.74 Å². The first kappa shape index (κ1) is 22.7. The highest BCUT2D eigenvalue weighted by Crippen LogP contribution is 2.23. The Hall–Kier alpha value is -2.54. The van der Waals surface area contributed by atoms with Gasteiger partial charge in [-0.1, -0.05) is 23.8 Å². The molecular formula is C22H30N2O4S. The van der Waals surface area contributed by atoms with Crippen LogP contribution in [0.15, 0.2) is 42.5 Å². The van der Waals surface area contributed by atoms with Crippen LogP contribution in [0.3, 0.4) is 0 Å². The molecule has 0 aliphatic carbocycles. The van der Waals surface area contributed by atoms with Crippen molar-refractivity contribution in [3.05, 3.63) is 59.2 Å². The van der Waals surface area contributed by atoms with Crippen LogP contribution >= 0.6 is 0 Å². The summed E-state index contributed by atoms with van der Waals surface area (Å²) in [5.41, 5.74) is 3.65. The molecule has 0 aliphatic heterocycles. The summed E-state index contributed by atoms with van der Waals surface area (Å²) in [6.45, 7) is 9.43. The monoisotopic (exact) mass is 418 g/mol. The number of hydrogen-bond donors (Lipinski definition) is 1. The predicted molar refractivity (Wildman–Crippen MR) is 117 cm³/mol. The van der Waals surface area contributed by atoms with Gasteiger partial charge in [-0.2, -0.15) is 0 Å². The third-order valence-corrected chi connectivity index (χ3v) is 5.59. The van der Waals surface area contributed by atoms with Crippen molar-refractivity contribution in [2.75, 3.05) is 17.1 Å². The lowest BCUT2D eigenvalue weighted by molar-refractivity contribution is -0.120. The SMILES string of the molecule is Cc1ccc([C@H](C)NC(=O)CN(c2ccc(OC(C)C)cc2)S(C)(=O)=O)c(C)c1. The van der Waals surface area contributed by atoms with Gasteiger partial charge in [-0.25, -0.2) is 8.42 Å². The molecule has 2 aromatic rings. The Bertz CT molecular complexity index is 953. The third kappa shape index (κ3) is 6.49. The maximum Gasteiger partial charge on any atom is 0.241 e. The number of amides is 1. The first-order chi connectivity index (χ1) is 13.5. The lowest BCUT2D eigenvalue weighted by Crippen LogP contribution is -2.41. The van der Waals surface area contributed by atoms with Gasteiger partial charge in [0, 0.05) is 0 Å². The lowest BCUT2D eigenvalue weighted by atomic mass is 10.0. The van der Waals surface area contributed by atoms with Crippen LogP contribution in [0.1, 0.15) is 43.5 Å². The van der Waals surface area contributed by atoms with E-state index in [1.165, 1.54) is 0 Å². The number of rotatable bonds is 8. The molecule has 1 N–H and O–H groups in total. The molecule has 0 saturated heterocycles. The van der Waals surface area contributed by atoms with Crippen LogP contribution in [0.25, 0.3) is 0 Å². The van der Waals surface area contributed by atoms with Crippen molar-refractivity contribution in [1.29, 1.82) is 0 Å². The van der Waals surface area contributed by atoms with E-state index in [1.54, 1.807) is 24.3 Å². The van der Waals surface area contributed by atoms with Crippen LogP contribution in [-0.4, -0.2) is 33.2 Å². The summed E-state index contributed by atoms with van der Waals surface area (Å²) in [6.07, 6.45) is 1.11. The second kappa shape index (κ2) is 9.31. The first-order valence-electron chi connectivity index (χ1n) is 9.58. The Morgan fingerprint density at radius 3 is 2.21 bits per heavy atom. The molecule has 2 rings (SSSR count). The number of aryl methyl sites for hydroxylation is 2. The smallest absolute Gasteiger partial charge is 0.241 e. The van der Waals surface area contributed by atoms with Crippen LogP contribution in [0.4, 0.5) is 5.69 Å². The van der Waals surface area contributed by atoms with Gasteiger partial charge in [0.25, 0.3) is 0 Å². The molecule has 0 unspecified atom stereocenters. The molecule has 29 heavy (non-hydrogen) atoms. The van der Waals surface area contributed by atoms with Crippen LogP contribution in [0, 0.1) is 13.8 Å². The van der Waals surface area contributed by atoms with Gasteiger partial charge in [0.1, 0.15) is 12.3 Å².